The minimum absolute atomic E-state index is 0.0189. The first-order chi connectivity index (χ1) is 6.72. The van der Waals surface area contributed by atoms with Gasteiger partial charge in [0.15, 0.2) is 0 Å². The van der Waals surface area contributed by atoms with Gasteiger partial charge >= 0.3 is 0 Å². The van der Waals surface area contributed by atoms with Crippen molar-refractivity contribution >= 4 is 17.2 Å². The zero-order chi connectivity index (χ0) is 10.4. The molecule has 0 aliphatic rings. The van der Waals surface area contributed by atoms with Gasteiger partial charge in [0, 0.05) is 11.4 Å². The fourth-order valence-corrected chi connectivity index (χ4v) is 1.65. The molecule has 14 heavy (non-hydrogen) atoms. The van der Waals surface area contributed by atoms with Crippen LogP contribution in [0.25, 0.3) is 0 Å². The third-order valence-electron chi connectivity index (χ3n) is 1.74. The van der Waals surface area contributed by atoms with E-state index in [4.69, 9.17) is 5.26 Å². The Morgan fingerprint density at radius 3 is 3.14 bits per heavy atom. The van der Waals surface area contributed by atoms with Crippen LogP contribution in [-0.2, 0) is 11.2 Å². The molecule has 1 rings (SSSR count). The van der Waals surface area contributed by atoms with Crippen LogP contribution in [0.5, 0.6) is 0 Å². The molecule has 0 aliphatic heterocycles. The van der Waals surface area contributed by atoms with Crippen LogP contribution < -0.4 is 5.32 Å². The van der Waals surface area contributed by atoms with E-state index in [1.807, 2.05) is 17.5 Å². The molecule has 3 nitrogen and oxygen atoms in total. The van der Waals surface area contributed by atoms with E-state index in [0.717, 1.165) is 4.88 Å². The van der Waals surface area contributed by atoms with Gasteiger partial charge in [-0.2, -0.15) is 5.26 Å². The fraction of sp³-hybridized carbons (Fsp3) is 0.400. The molecule has 0 saturated heterocycles. The summed E-state index contributed by atoms with van der Waals surface area (Å²) in [5, 5.41) is 13.2. The average molecular weight is 208 g/mol. The van der Waals surface area contributed by atoms with E-state index >= 15 is 0 Å². The van der Waals surface area contributed by atoms with Crippen molar-refractivity contribution < 1.29 is 4.79 Å². The van der Waals surface area contributed by atoms with Gasteiger partial charge < -0.3 is 5.32 Å². The number of thiophene rings is 1. The van der Waals surface area contributed by atoms with Gasteiger partial charge in [0.1, 0.15) is 0 Å². The van der Waals surface area contributed by atoms with E-state index in [-0.39, 0.29) is 11.8 Å². The van der Waals surface area contributed by atoms with Crippen molar-refractivity contribution in [1.29, 1.82) is 5.26 Å². The molecule has 1 unspecified atom stereocenters. The van der Waals surface area contributed by atoms with Gasteiger partial charge in [-0.3, -0.25) is 4.79 Å². The highest BCUT2D eigenvalue weighted by Gasteiger charge is 2.05. The fourth-order valence-electron chi connectivity index (χ4n) is 0.946. The molecule has 0 radical (unpaired) electrons. The standard InChI is InChI=1S/C10H12N2OS/c1-8(6-11)7-12-10(13)5-9-3-2-4-14-9/h2-4,8H,5,7H2,1H3,(H,12,13). The van der Waals surface area contributed by atoms with Crippen molar-refractivity contribution in [1.82, 2.24) is 5.32 Å². The molecule has 0 aliphatic carbocycles. The Morgan fingerprint density at radius 2 is 2.57 bits per heavy atom. The highest BCUT2D eigenvalue weighted by Crippen LogP contribution is 2.08. The van der Waals surface area contributed by atoms with Crippen LogP contribution in [0.4, 0.5) is 0 Å². The van der Waals surface area contributed by atoms with Crippen LogP contribution in [0.2, 0.25) is 0 Å². The SMILES string of the molecule is CC(C#N)CNC(=O)Cc1cccs1. The lowest BCUT2D eigenvalue weighted by Crippen LogP contribution is -2.28. The second-order valence-electron chi connectivity index (χ2n) is 3.09. The zero-order valence-corrected chi connectivity index (χ0v) is 8.80. The lowest BCUT2D eigenvalue weighted by molar-refractivity contribution is -0.120. The summed E-state index contributed by atoms with van der Waals surface area (Å²) in [7, 11) is 0. The average Bonchev–Trinajstić information content (AvgIpc) is 2.66. The van der Waals surface area contributed by atoms with Crippen molar-refractivity contribution in [3.8, 4) is 6.07 Å². The van der Waals surface area contributed by atoms with E-state index in [2.05, 4.69) is 11.4 Å². The Labute approximate surface area is 87.4 Å². The van der Waals surface area contributed by atoms with Gasteiger partial charge in [0.2, 0.25) is 5.91 Å². The number of nitrogens with one attached hydrogen (secondary N) is 1. The number of nitriles is 1. The van der Waals surface area contributed by atoms with Crippen molar-refractivity contribution in [3.05, 3.63) is 22.4 Å². The summed E-state index contributed by atoms with van der Waals surface area (Å²) in [5.74, 6) is -0.142. The van der Waals surface area contributed by atoms with Gasteiger partial charge in [-0.15, -0.1) is 11.3 Å². The van der Waals surface area contributed by atoms with Gasteiger partial charge in [0.25, 0.3) is 0 Å². The maximum Gasteiger partial charge on any atom is 0.225 e. The Balaban J connectivity index is 2.27. The zero-order valence-electron chi connectivity index (χ0n) is 7.99. The molecule has 0 saturated carbocycles. The minimum atomic E-state index is -0.123. The van der Waals surface area contributed by atoms with Gasteiger partial charge in [-0.1, -0.05) is 6.07 Å². The minimum Gasteiger partial charge on any atom is -0.354 e. The number of nitrogens with zero attached hydrogens (tertiary/aromatic N) is 1. The maximum absolute atomic E-state index is 11.3. The number of carbonyl (C=O) groups is 1. The second-order valence-corrected chi connectivity index (χ2v) is 4.12. The smallest absolute Gasteiger partial charge is 0.225 e. The first-order valence-electron chi connectivity index (χ1n) is 4.41. The predicted octanol–water partition coefficient (Wildman–Crippen LogP) is 1.57. The lowest BCUT2D eigenvalue weighted by atomic mass is 10.2. The number of hydrogen-bond donors (Lipinski definition) is 1. The molecule has 1 aromatic heterocycles. The summed E-state index contributed by atoms with van der Waals surface area (Å²) in [6.45, 7) is 2.21. The maximum atomic E-state index is 11.3. The van der Waals surface area contributed by atoms with Crippen LogP contribution >= 0.6 is 11.3 Å². The summed E-state index contributed by atoms with van der Waals surface area (Å²) in [6, 6.07) is 5.92. The summed E-state index contributed by atoms with van der Waals surface area (Å²) in [6.07, 6.45) is 0.413. The van der Waals surface area contributed by atoms with Crippen LogP contribution in [0, 0.1) is 17.2 Å². The molecule has 0 spiro atoms. The molecule has 74 valence electrons. The molecule has 1 heterocycles. The monoisotopic (exact) mass is 208 g/mol. The molecular formula is C10H12N2OS. The van der Waals surface area contributed by atoms with Crippen LogP contribution in [0.15, 0.2) is 17.5 Å². The molecule has 0 fully saturated rings. The topological polar surface area (TPSA) is 52.9 Å². The Hall–Kier alpha value is -1.34. The van der Waals surface area contributed by atoms with Crippen molar-refractivity contribution in [2.45, 2.75) is 13.3 Å². The summed E-state index contributed by atoms with van der Waals surface area (Å²) in [5.41, 5.74) is 0. The molecule has 0 bridgehead atoms. The summed E-state index contributed by atoms with van der Waals surface area (Å²) in [4.78, 5) is 12.4. The number of hydrogen-bond acceptors (Lipinski definition) is 3. The Kier molecular flexibility index (Phi) is 4.14. The number of carbonyl (C=O) groups excluding carboxylic acids is 1. The predicted molar refractivity (Wildman–Crippen MR) is 55.8 cm³/mol. The lowest BCUT2D eigenvalue weighted by Gasteiger charge is -2.04. The Bertz CT molecular complexity index is 326. The highest BCUT2D eigenvalue weighted by molar-refractivity contribution is 7.10. The van der Waals surface area contributed by atoms with Gasteiger partial charge in [-0.05, 0) is 18.4 Å². The molecule has 4 heteroatoms. The van der Waals surface area contributed by atoms with E-state index < -0.39 is 0 Å². The molecule has 1 amide bonds. The van der Waals surface area contributed by atoms with E-state index in [1.165, 1.54) is 0 Å². The van der Waals surface area contributed by atoms with E-state index in [0.29, 0.717) is 13.0 Å². The third kappa shape index (κ3) is 3.58. The van der Waals surface area contributed by atoms with Gasteiger partial charge in [0.05, 0.1) is 18.4 Å². The highest BCUT2D eigenvalue weighted by atomic mass is 32.1. The Morgan fingerprint density at radius 1 is 1.79 bits per heavy atom. The van der Waals surface area contributed by atoms with E-state index in [1.54, 1.807) is 18.3 Å². The molecule has 1 atom stereocenters. The quantitative estimate of drug-likeness (QED) is 0.816. The second kappa shape index (κ2) is 5.40. The van der Waals surface area contributed by atoms with Crippen molar-refractivity contribution in [2.75, 3.05) is 6.54 Å². The number of amides is 1. The van der Waals surface area contributed by atoms with Gasteiger partial charge in [-0.25, -0.2) is 0 Å². The first kappa shape index (κ1) is 10.7. The van der Waals surface area contributed by atoms with Crippen molar-refractivity contribution in [2.24, 2.45) is 5.92 Å². The number of rotatable bonds is 4. The molecular weight excluding hydrogens is 196 g/mol. The largest absolute Gasteiger partial charge is 0.354 e. The van der Waals surface area contributed by atoms with Crippen LogP contribution in [-0.4, -0.2) is 12.5 Å². The summed E-state index contributed by atoms with van der Waals surface area (Å²) < 4.78 is 0. The molecule has 0 aromatic carbocycles. The van der Waals surface area contributed by atoms with Crippen molar-refractivity contribution in [3.63, 3.8) is 0 Å². The third-order valence-corrected chi connectivity index (χ3v) is 2.62. The van der Waals surface area contributed by atoms with E-state index in [9.17, 15) is 4.79 Å². The van der Waals surface area contributed by atoms with Crippen LogP contribution in [0.3, 0.4) is 0 Å². The first-order valence-corrected chi connectivity index (χ1v) is 5.29. The van der Waals surface area contributed by atoms with Crippen LogP contribution in [0.1, 0.15) is 11.8 Å². The summed E-state index contributed by atoms with van der Waals surface area (Å²) >= 11 is 1.57. The normalized spacial score (nSPS) is 11.7. The molecule has 1 N–H and O–H groups in total. The molecule has 1 aromatic rings.